The number of aromatic nitrogens is 3. The van der Waals surface area contributed by atoms with Gasteiger partial charge in [0.2, 0.25) is 0 Å². The molecule has 2 N–H and O–H groups in total. The van der Waals surface area contributed by atoms with Gasteiger partial charge in [0.1, 0.15) is 5.03 Å². The molecular weight excluding hydrogens is 478 g/mol. The molecule has 1 aliphatic rings. The van der Waals surface area contributed by atoms with Gasteiger partial charge in [-0.15, -0.1) is 0 Å². The second kappa shape index (κ2) is 8.71. The quantitative estimate of drug-likeness (QED) is 0.449. The van der Waals surface area contributed by atoms with Crippen molar-refractivity contribution in [1.29, 1.82) is 0 Å². The monoisotopic (exact) mass is 497 g/mol. The van der Waals surface area contributed by atoms with Crippen molar-refractivity contribution in [3.8, 4) is 11.3 Å². The van der Waals surface area contributed by atoms with Crippen LogP contribution in [0.25, 0.3) is 22.2 Å². The summed E-state index contributed by atoms with van der Waals surface area (Å²) in [5.74, 6) is -0.168. The number of hydrogen-bond donors (Lipinski definition) is 2. The topological polar surface area (TPSA) is 119 Å². The van der Waals surface area contributed by atoms with Crippen molar-refractivity contribution in [3.63, 3.8) is 0 Å². The number of rotatable bonds is 4. The molecule has 11 heteroatoms. The number of amides is 1. The van der Waals surface area contributed by atoms with Crippen LogP contribution in [0.5, 0.6) is 0 Å². The Morgan fingerprint density at radius 2 is 1.68 bits per heavy atom. The van der Waals surface area contributed by atoms with Gasteiger partial charge in [-0.2, -0.15) is 9.40 Å². The Hall–Kier alpha value is -3.47. The van der Waals surface area contributed by atoms with Gasteiger partial charge in [0.25, 0.3) is 21.5 Å². The zero-order valence-electron chi connectivity index (χ0n) is 17.9. The van der Waals surface area contributed by atoms with E-state index in [0.717, 1.165) is 10.9 Å². The van der Waals surface area contributed by atoms with E-state index in [1.165, 1.54) is 10.4 Å². The maximum Gasteiger partial charge on any atom is 0.264 e. The Bertz CT molecular complexity index is 1520. The average Bonchev–Trinajstić information content (AvgIpc) is 3.28. The molecule has 0 atom stereocenters. The Kier molecular flexibility index (Phi) is 5.72. The first-order chi connectivity index (χ1) is 16.3. The zero-order chi connectivity index (χ0) is 23.9. The predicted octanol–water partition coefficient (Wildman–Crippen LogP) is 2.72. The van der Waals surface area contributed by atoms with Crippen molar-refractivity contribution in [2.45, 2.75) is 5.03 Å². The minimum atomic E-state index is -3.73. The molecule has 0 aliphatic carbocycles. The summed E-state index contributed by atoms with van der Waals surface area (Å²) >= 11 is 6.01. The third kappa shape index (κ3) is 4.23. The van der Waals surface area contributed by atoms with Gasteiger partial charge in [-0.05, 0) is 42.5 Å². The number of sulfonamides is 1. The van der Waals surface area contributed by atoms with Gasteiger partial charge in [0.15, 0.2) is 0 Å². The fourth-order valence-electron chi connectivity index (χ4n) is 3.96. The lowest BCUT2D eigenvalue weighted by molar-refractivity contribution is 0.0698. The van der Waals surface area contributed by atoms with Crippen LogP contribution in [-0.4, -0.2) is 64.9 Å². The summed E-state index contributed by atoms with van der Waals surface area (Å²) in [7, 11) is -3.73. The first kappa shape index (κ1) is 22.3. The van der Waals surface area contributed by atoms with Crippen molar-refractivity contribution < 1.29 is 13.2 Å². The van der Waals surface area contributed by atoms with E-state index in [9.17, 15) is 18.0 Å². The van der Waals surface area contributed by atoms with E-state index in [1.54, 1.807) is 59.5 Å². The third-order valence-corrected chi connectivity index (χ3v) is 7.86. The van der Waals surface area contributed by atoms with Crippen LogP contribution in [0.2, 0.25) is 5.02 Å². The fraction of sp³-hybridized carbons (Fsp3) is 0.174. The van der Waals surface area contributed by atoms with Gasteiger partial charge in [0.05, 0.1) is 5.69 Å². The summed E-state index contributed by atoms with van der Waals surface area (Å²) in [6.45, 7) is 0.966. The van der Waals surface area contributed by atoms with Gasteiger partial charge in [-0.25, -0.2) is 13.5 Å². The van der Waals surface area contributed by atoms with E-state index in [2.05, 4.69) is 15.2 Å². The predicted molar refractivity (Wildman–Crippen MR) is 128 cm³/mol. The first-order valence-corrected chi connectivity index (χ1v) is 12.4. The van der Waals surface area contributed by atoms with Crippen molar-refractivity contribution in [2.75, 3.05) is 26.2 Å². The molecule has 5 rings (SSSR count). The molecule has 1 saturated heterocycles. The number of aromatic amines is 2. The minimum absolute atomic E-state index is 0.107. The van der Waals surface area contributed by atoms with Gasteiger partial charge in [-0.1, -0.05) is 23.7 Å². The number of nitrogens with one attached hydrogen (secondary N) is 2. The highest BCUT2D eigenvalue weighted by Crippen LogP contribution is 2.25. The maximum absolute atomic E-state index is 13.1. The maximum atomic E-state index is 13.1. The van der Waals surface area contributed by atoms with E-state index < -0.39 is 10.0 Å². The number of piperazine rings is 1. The van der Waals surface area contributed by atoms with Crippen LogP contribution in [0.3, 0.4) is 0 Å². The molecule has 9 nitrogen and oxygen atoms in total. The Balaban J connectivity index is 1.26. The van der Waals surface area contributed by atoms with Gasteiger partial charge in [-0.3, -0.25) is 9.59 Å². The van der Waals surface area contributed by atoms with Gasteiger partial charge < -0.3 is 9.88 Å². The Labute approximate surface area is 200 Å². The summed E-state index contributed by atoms with van der Waals surface area (Å²) in [4.78, 5) is 28.7. The van der Waals surface area contributed by atoms with Crippen molar-refractivity contribution in [1.82, 2.24) is 24.4 Å². The normalized spacial score (nSPS) is 15.0. The van der Waals surface area contributed by atoms with E-state index in [4.69, 9.17) is 11.6 Å². The van der Waals surface area contributed by atoms with Crippen molar-refractivity contribution in [2.24, 2.45) is 0 Å². The Morgan fingerprint density at radius 3 is 2.35 bits per heavy atom. The summed E-state index contributed by atoms with van der Waals surface area (Å²) in [6, 6.07) is 16.6. The highest BCUT2D eigenvalue weighted by molar-refractivity contribution is 7.89. The number of H-pyrrole nitrogens is 2. The number of hydrogen-bond acceptors (Lipinski definition) is 5. The van der Waals surface area contributed by atoms with Gasteiger partial charge >= 0.3 is 0 Å². The number of fused-ring (bicyclic) bond motifs is 1. The molecular formula is C23H20ClN5O4S. The smallest absolute Gasteiger partial charge is 0.264 e. The van der Waals surface area contributed by atoms with E-state index in [1.807, 2.05) is 0 Å². The highest BCUT2D eigenvalue weighted by Gasteiger charge is 2.31. The van der Waals surface area contributed by atoms with Crippen LogP contribution in [0.4, 0.5) is 0 Å². The lowest BCUT2D eigenvalue weighted by atomic mass is 10.1. The molecule has 0 spiro atoms. The van der Waals surface area contributed by atoms with Crippen LogP contribution in [0.15, 0.2) is 70.5 Å². The molecule has 0 radical (unpaired) electrons. The van der Waals surface area contributed by atoms with Crippen LogP contribution < -0.4 is 5.56 Å². The second-order valence-corrected chi connectivity index (χ2v) is 10.3. The standard InChI is InChI=1S/C23H20ClN5O4S/c24-18-5-6-19-17(13-18)14-22(25-19)34(32,33)29-11-9-28(10-12-29)23(31)16-3-1-15(2-4-16)20-7-8-21(30)27-26-20/h1-8,13-14,25H,9-12H2,(H,27,30). The van der Waals surface area contributed by atoms with E-state index >= 15 is 0 Å². The first-order valence-electron chi connectivity index (χ1n) is 10.6. The number of nitrogens with zero attached hydrogens (tertiary/aromatic N) is 3. The molecule has 2 aromatic carbocycles. The molecule has 4 aromatic rings. The van der Waals surface area contributed by atoms with Crippen LogP contribution >= 0.6 is 11.6 Å². The van der Waals surface area contributed by atoms with Gasteiger partial charge in [0, 0.05) is 59.3 Å². The number of carbonyl (C=O) groups is 1. The summed E-state index contributed by atoms with van der Waals surface area (Å²) in [6.07, 6.45) is 0. The molecule has 2 aromatic heterocycles. The molecule has 1 amide bonds. The summed E-state index contributed by atoms with van der Waals surface area (Å²) in [5.41, 5.74) is 2.26. The molecule has 174 valence electrons. The second-order valence-electron chi connectivity index (χ2n) is 7.95. The highest BCUT2D eigenvalue weighted by atomic mass is 35.5. The third-order valence-electron chi connectivity index (χ3n) is 5.81. The van der Waals surface area contributed by atoms with Crippen molar-refractivity contribution >= 4 is 38.4 Å². The minimum Gasteiger partial charge on any atom is -0.345 e. The molecule has 1 aliphatic heterocycles. The molecule has 0 saturated carbocycles. The largest absolute Gasteiger partial charge is 0.345 e. The SMILES string of the molecule is O=C(c1ccc(-c2ccc(=O)[nH]n2)cc1)N1CCN(S(=O)(=O)c2cc3cc(Cl)ccc3[nH]2)CC1. The zero-order valence-corrected chi connectivity index (χ0v) is 19.4. The lowest BCUT2D eigenvalue weighted by Gasteiger charge is -2.33. The van der Waals surface area contributed by atoms with Crippen LogP contribution in [0.1, 0.15) is 10.4 Å². The molecule has 0 unspecified atom stereocenters. The summed E-state index contributed by atoms with van der Waals surface area (Å²) < 4.78 is 27.6. The number of carbonyl (C=O) groups excluding carboxylic acids is 1. The molecule has 3 heterocycles. The molecule has 0 bridgehead atoms. The van der Waals surface area contributed by atoms with Crippen LogP contribution in [-0.2, 0) is 10.0 Å². The van der Waals surface area contributed by atoms with E-state index in [-0.39, 0.29) is 42.7 Å². The number of benzene rings is 2. The number of halogens is 1. The Morgan fingerprint density at radius 1 is 0.941 bits per heavy atom. The average molecular weight is 498 g/mol. The summed E-state index contributed by atoms with van der Waals surface area (Å²) in [5, 5.41) is 7.73. The van der Waals surface area contributed by atoms with E-state index in [0.29, 0.717) is 21.8 Å². The molecule has 34 heavy (non-hydrogen) atoms. The lowest BCUT2D eigenvalue weighted by Crippen LogP contribution is -2.50. The molecule has 1 fully saturated rings. The van der Waals surface area contributed by atoms with Crippen LogP contribution in [0, 0.1) is 0 Å². The fourth-order valence-corrected chi connectivity index (χ4v) is 5.58. The van der Waals surface area contributed by atoms with Crippen molar-refractivity contribution in [3.05, 3.63) is 81.6 Å².